The van der Waals surface area contributed by atoms with Crippen LogP contribution in [0.2, 0.25) is 0 Å². The number of H-pyrrole nitrogens is 1. The standard InChI is InChI=1S/C20H21N3O2/c1-24-14-3-4-16(19(11-14)25-2)15-7-10-22-20-17(15)12-18(23-20)13-5-8-21-9-6-13/h3-5,7,10-12,21H,6,8-9H2,1-2H3,(H,22,23). The lowest BCUT2D eigenvalue weighted by atomic mass is 10.0. The van der Waals surface area contributed by atoms with Gasteiger partial charge in [-0.2, -0.15) is 0 Å². The van der Waals surface area contributed by atoms with E-state index in [-0.39, 0.29) is 0 Å². The van der Waals surface area contributed by atoms with Gasteiger partial charge in [0.1, 0.15) is 17.1 Å². The van der Waals surface area contributed by atoms with Crippen LogP contribution in [0, 0.1) is 0 Å². The van der Waals surface area contributed by atoms with Gasteiger partial charge < -0.3 is 19.8 Å². The summed E-state index contributed by atoms with van der Waals surface area (Å²) in [5, 5.41) is 4.44. The van der Waals surface area contributed by atoms with Gasteiger partial charge in [-0.25, -0.2) is 4.98 Å². The summed E-state index contributed by atoms with van der Waals surface area (Å²) in [6.45, 7) is 1.92. The van der Waals surface area contributed by atoms with Crippen molar-refractivity contribution < 1.29 is 9.47 Å². The molecule has 1 aliphatic rings. The Morgan fingerprint density at radius 2 is 1.96 bits per heavy atom. The molecule has 0 atom stereocenters. The number of benzene rings is 1. The first-order chi connectivity index (χ1) is 12.3. The zero-order valence-corrected chi connectivity index (χ0v) is 14.4. The van der Waals surface area contributed by atoms with Gasteiger partial charge in [-0.1, -0.05) is 6.08 Å². The smallest absolute Gasteiger partial charge is 0.138 e. The zero-order valence-electron chi connectivity index (χ0n) is 14.4. The maximum Gasteiger partial charge on any atom is 0.138 e. The van der Waals surface area contributed by atoms with Gasteiger partial charge in [0.25, 0.3) is 0 Å². The molecule has 1 aliphatic heterocycles. The first-order valence-corrected chi connectivity index (χ1v) is 8.40. The lowest BCUT2D eigenvalue weighted by molar-refractivity contribution is 0.395. The molecule has 2 aromatic heterocycles. The molecule has 3 aromatic rings. The Morgan fingerprint density at radius 1 is 1.04 bits per heavy atom. The van der Waals surface area contributed by atoms with Crippen LogP contribution in [0.4, 0.5) is 0 Å². The van der Waals surface area contributed by atoms with E-state index in [0.29, 0.717) is 0 Å². The van der Waals surface area contributed by atoms with Crippen molar-refractivity contribution in [1.82, 2.24) is 15.3 Å². The molecule has 0 radical (unpaired) electrons. The minimum Gasteiger partial charge on any atom is -0.497 e. The van der Waals surface area contributed by atoms with Crippen molar-refractivity contribution in [2.24, 2.45) is 0 Å². The molecule has 0 fully saturated rings. The molecule has 0 aliphatic carbocycles. The Balaban J connectivity index is 1.85. The van der Waals surface area contributed by atoms with Gasteiger partial charge in [0.05, 0.1) is 14.2 Å². The first kappa shape index (κ1) is 15.7. The van der Waals surface area contributed by atoms with Crippen molar-refractivity contribution in [2.45, 2.75) is 6.42 Å². The fraction of sp³-hybridized carbons (Fsp3) is 0.250. The van der Waals surface area contributed by atoms with Gasteiger partial charge in [0.15, 0.2) is 0 Å². The quantitative estimate of drug-likeness (QED) is 0.764. The van der Waals surface area contributed by atoms with Crippen LogP contribution in [-0.2, 0) is 0 Å². The summed E-state index contributed by atoms with van der Waals surface area (Å²) in [4.78, 5) is 7.97. The highest BCUT2D eigenvalue weighted by Crippen LogP contribution is 2.37. The summed E-state index contributed by atoms with van der Waals surface area (Å²) in [7, 11) is 3.34. The molecule has 25 heavy (non-hydrogen) atoms. The molecule has 0 saturated heterocycles. The maximum absolute atomic E-state index is 5.58. The summed E-state index contributed by atoms with van der Waals surface area (Å²) in [6.07, 6.45) is 5.09. The number of nitrogens with one attached hydrogen (secondary N) is 2. The SMILES string of the molecule is COc1ccc(-c2ccnc3[nH]c(C4=CCNCC4)cc23)c(OC)c1. The van der Waals surface area contributed by atoms with Gasteiger partial charge in [-0.3, -0.25) is 0 Å². The molecule has 2 N–H and O–H groups in total. The van der Waals surface area contributed by atoms with Crippen LogP contribution < -0.4 is 14.8 Å². The lowest BCUT2D eigenvalue weighted by Crippen LogP contribution is -2.20. The van der Waals surface area contributed by atoms with E-state index < -0.39 is 0 Å². The minimum absolute atomic E-state index is 0.778. The third-order valence-corrected chi connectivity index (χ3v) is 4.64. The minimum atomic E-state index is 0.778. The van der Waals surface area contributed by atoms with E-state index in [9.17, 15) is 0 Å². The number of ether oxygens (including phenoxy) is 2. The van der Waals surface area contributed by atoms with Crippen LogP contribution in [-0.4, -0.2) is 37.3 Å². The number of aromatic nitrogens is 2. The van der Waals surface area contributed by atoms with Gasteiger partial charge in [0.2, 0.25) is 0 Å². The van der Waals surface area contributed by atoms with Crippen molar-refractivity contribution in [3.05, 3.63) is 48.3 Å². The normalized spacial score (nSPS) is 14.4. The summed E-state index contributed by atoms with van der Waals surface area (Å²) in [5.41, 5.74) is 5.50. The number of nitrogens with zero attached hydrogens (tertiary/aromatic N) is 1. The number of hydrogen-bond acceptors (Lipinski definition) is 4. The molecule has 0 unspecified atom stereocenters. The Kier molecular flexibility index (Phi) is 4.15. The third-order valence-electron chi connectivity index (χ3n) is 4.64. The average Bonchev–Trinajstić information content (AvgIpc) is 3.12. The molecule has 1 aromatic carbocycles. The summed E-state index contributed by atoms with van der Waals surface area (Å²) in [5.74, 6) is 1.57. The van der Waals surface area contributed by atoms with E-state index in [2.05, 4.69) is 27.4 Å². The van der Waals surface area contributed by atoms with E-state index in [1.54, 1.807) is 14.2 Å². The maximum atomic E-state index is 5.58. The zero-order chi connectivity index (χ0) is 17.2. The Bertz CT molecular complexity index is 943. The van der Waals surface area contributed by atoms with Crippen LogP contribution in [0.15, 0.2) is 42.6 Å². The van der Waals surface area contributed by atoms with Gasteiger partial charge >= 0.3 is 0 Å². The average molecular weight is 335 g/mol. The summed E-state index contributed by atoms with van der Waals surface area (Å²) < 4.78 is 10.9. The van der Waals surface area contributed by atoms with E-state index in [1.165, 1.54) is 5.57 Å². The number of methoxy groups -OCH3 is 2. The fourth-order valence-electron chi connectivity index (χ4n) is 3.32. The van der Waals surface area contributed by atoms with Gasteiger partial charge in [-0.15, -0.1) is 0 Å². The number of aromatic amines is 1. The van der Waals surface area contributed by atoms with Gasteiger partial charge in [-0.05, 0) is 48.4 Å². The number of fused-ring (bicyclic) bond motifs is 1. The second-order valence-corrected chi connectivity index (χ2v) is 6.05. The van der Waals surface area contributed by atoms with Crippen LogP contribution >= 0.6 is 0 Å². The van der Waals surface area contributed by atoms with Crippen LogP contribution in [0.25, 0.3) is 27.7 Å². The molecule has 0 saturated carbocycles. The Hall–Kier alpha value is -2.79. The van der Waals surface area contributed by atoms with E-state index in [0.717, 1.165) is 58.9 Å². The van der Waals surface area contributed by atoms with Crippen LogP contribution in [0.1, 0.15) is 12.1 Å². The summed E-state index contributed by atoms with van der Waals surface area (Å²) in [6, 6.07) is 10.1. The third kappa shape index (κ3) is 2.87. The van der Waals surface area contributed by atoms with Crippen molar-refractivity contribution in [1.29, 1.82) is 0 Å². The fourth-order valence-corrected chi connectivity index (χ4v) is 3.32. The number of hydrogen-bond donors (Lipinski definition) is 2. The van der Waals surface area contributed by atoms with Crippen molar-refractivity contribution >= 4 is 16.6 Å². The topological polar surface area (TPSA) is 59.2 Å². The van der Waals surface area contributed by atoms with Crippen molar-refractivity contribution in [3.63, 3.8) is 0 Å². The largest absolute Gasteiger partial charge is 0.497 e. The van der Waals surface area contributed by atoms with Crippen LogP contribution in [0.5, 0.6) is 11.5 Å². The lowest BCUT2D eigenvalue weighted by Gasteiger charge is -2.12. The second kappa shape index (κ2) is 6.61. The first-order valence-electron chi connectivity index (χ1n) is 8.40. The molecular weight excluding hydrogens is 314 g/mol. The van der Waals surface area contributed by atoms with E-state index in [1.807, 2.05) is 30.5 Å². The highest BCUT2D eigenvalue weighted by atomic mass is 16.5. The van der Waals surface area contributed by atoms with Crippen molar-refractivity contribution in [3.8, 4) is 22.6 Å². The molecule has 0 bridgehead atoms. The molecule has 0 spiro atoms. The van der Waals surface area contributed by atoms with Crippen LogP contribution in [0.3, 0.4) is 0 Å². The molecule has 5 heteroatoms. The second-order valence-electron chi connectivity index (χ2n) is 6.05. The molecular formula is C20H21N3O2. The predicted octanol–water partition coefficient (Wildman–Crippen LogP) is 3.62. The Labute approximate surface area is 146 Å². The van der Waals surface area contributed by atoms with Crippen molar-refractivity contribution in [2.75, 3.05) is 27.3 Å². The van der Waals surface area contributed by atoms with E-state index in [4.69, 9.17) is 9.47 Å². The summed E-state index contributed by atoms with van der Waals surface area (Å²) >= 11 is 0. The molecule has 0 amide bonds. The molecule has 5 nitrogen and oxygen atoms in total. The van der Waals surface area contributed by atoms with Gasteiger partial charge in [0, 0.05) is 35.5 Å². The monoisotopic (exact) mass is 335 g/mol. The highest BCUT2D eigenvalue weighted by molar-refractivity contribution is 5.96. The predicted molar refractivity (Wildman–Crippen MR) is 100 cm³/mol. The molecule has 3 heterocycles. The molecule has 4 rings (SSSR count). The van der Waals surface area contributed by atoms with E-state index >= 15 is 0 Å². The Morgan fingerprint density at radius 3 is 2.72 bits per heavy atom. The number of rotatable bonds is 4. The molecule has 128 valence electrons. The highest BCUT2D eigenvalue weighted by Gasteiger charge is 2.15. The number of pyridine rings is 1.